The van der Waals surface area contributed by atoms with E-state index in [0.29, 0.717) is 4.91 Å². The number of rotatable bonds is 4. The standard InChI is InChI=1S/C6H8N2O2S/c1-3-6(4-7)11-5(2)8(9)10/h3-4,7H,2H2,1H3/b6-3-,7-4?. The van der Waals surface area contributed by atoms with Crippen molar-refractivity contribution >= 4 is 18.0 Å². The topological polar surface area (TPSA) is 67.0 Å². The van der Waals surface area contributed by atoms with Crippen molar-refractivity contribution in [2.24, 2.45) is 0 Å². The monoisotopic (exact) mass is 172 g/mol. The Morgan fingerprint density at radius 2 is 2.36 bits per heavy atom. The first-order valence-corrected chi connectivity index (χ1v) is 3.61. The van der Waals surface area contributed by atoms with Crippen molar-refractivity contribution in [1.29, 1.82) is 5.41 Å². The zero-order valence-corrected chi connectivity index (χ0v) is 6.85. The van der Waals surface area contributed by atoms with Gasteiger partial charge in [0, 0.05) is 11.1 Å². The van der Waals surface area contributed by atoms with Gasteiger partial charge in [0.05, 0.1) is 4.92 Å². The quantitative estimate of drug-likeness (QED) is 0.400. The molecule has 0 bridgehead atoms. The molecular weight excluding hydrogens is 164 g/mol. The second kappa shape index (κ2) is 4.68. The fourth-order valence-corrected chi connectivity index (χ4v) is 0.868. The maximum atomic E-state index is 10.0. The molecule has 0 rings (SSSR count). The molecule has 11 heavy (non-hydrogen) atoms. The lowest BCUT2D eigenvalue weighted by molar-refractivity contribution is -0.409. The number of hydrogen-bond donors (Lipinski definition) is 1. The van der Waals surface area contributed by atoms with E-state index < -0.39 is 4.92 Å². The van der Waals surface area contributed by atoms with Gasteiger partial charge in [-0.15, -0.1) is 0 Å². The molecule has 0 unspecified atom stereocenters. The summed E-state index contributed by atoms with van der Waals surface area (Å²) in [6.07, 6.45) is 2.67. The molecule has 0 saturated carbocycles. The van der Waals surface area contributed by atoms with E-state index in [9.17, 15) is 10.1 Å². The molecule has 0 aromatic heterocycles. The van der Waals surface area contributed by atoms with E-state index in [2.05, 4.69) is 6.58 Å². The third kappa shape index (κ3) is 3.57. The van der Waals surface area contributed by atoms with Crippen LogP contribution in [0.15, 0.2) is 22.6 Å². The number of thioether (sulfide) groups is 1. The molecule has 5 heteroatoms. The van der Waals surface area contributed by atoms with Crippen LogP contribution in [0.2, 0.25) is 0 Å². The Morgan fingerprint density at radius 3 is 2.64 bits per heavy atom. The van der Waals surface area contributed by atoms with Crippen molar-refractivity contribution < 1.29 is 4.92 Å². The van der Waals surface area contributed by atoms with Gasteiger partial charge in [0.1, 0.15) is 0 Å². The van der Waals surface area contributed by atoms with Crippen molar-refractivity contribution in [2.45, 2.75) is 6.92 Å². The summed E-state index contributed by atoms with van der Waals surface area (Å²) in [4.78, 5) is 10.00. The fourth-order valence-electron chi connectivity index (χ4n) is 0.345. The van der Waals surface area contributed by atoms with Crippen LogP contribution >= 0.6 is 11.8 Å². The zero-order valence-electron chi connectivity index (χ0n) is 6.03. The highest BCUT2D eigenvalue weighted by molar-refractivity contribution is 8.07. The van der Waals surface area contributed by atoms with Gasteiger partial charge in [-0.1, -0.05) is 6.08 Å². The Kier molecular flexibility index (Phi) is 4.21. The highest BCUT2D eigenvalue weighted by Crippen LogP contribution is 2.21. The highest BCUT2D eigenvalue weighted by Gasteiger charge is 2.08. The van der Waals surface area contributed by atoms with E-state index in [0.717, 1.165) is 18.0 Å². The summed E-state index contributed by atoms with van der Waals surface area (Å²) in [7, 11) is 0. The van der Waals surface area contributed by atoms with Gasteiger partial charge >= 0.3 is 5.03 Å². The molecule has 0 amide bonds. The van der Waals surface area contributed by atoms with E-state index in [-0.39, 0.29) is 5.03 Å². The second-order valence-electron chi connectivity index (χ2n) is 1.59. The molecule has 4 nitrogen and oxygen atoms in total. The van der Waals surface area contributed by atoms with E-state index in [1.165, 1.54) is 0 Å². The smallest absolute Gasteiger partial charge is 0.300 e. The van der Waals surface area contributed by atoms with Crippen molar-refractivity contribution in [1.82, 2.24) is 0 Å². The van der Waals surface area contributed by atoms with Crippen LogP contribution in [0.25, 0.3) is 0 Å². The van der Waals surface area contributed by atoms with Crippen LogP contribution in [0.3, 0.4) is 0 Å². The minimum absolute atomic E-state index is 0.165. The van der Waals surface area contributed by atoms with Crippen molar-refractivity contribution in [3.05, 3.63) is 32.7 Å². The fraction of sp³-hybridized carbons (Fsp3) is 0.167. The average molecular weight is 172 g/mol. The molecule has 0 radical (unpaired) electrons. The summed E-state index contributed by atoms with van der Waals surface area (Å²) in [6, 6.07) is 0. The van der Waals surface area contributed by atoms with Gasteiger partial charge < -0.3 is 5.41 Å². The molecule has 0 heterocycles. The number of allylic oxidation sites excluding steroid dienone is 2. The van der Waals surface area contributed by atoms with Gasteiger partial charge in [0.25, 0.3) is 0 Å². The van der Waals surface area contributed by atoms with Crippen LogP contribution < -0.4 is 0 Å². The summed E-state index contributed by atoms with van der Waals surface area (Å²) in [5.41, 5.74) is 0. The summed E-state index contributed by atoms with van der Waals surface area (Å²) in [6.45, 7) is 4.92. The molecule has 0 aliphatic carbocycles. The first-order chi connectivity index (χ1) is 5.11. The van der Waals surface area contributed by atoms with Gasteiger partial charge in [-0.3, -0.25) is 10.1 Å². The molecule has 0 spiro atoms. The van der Waals surface area contributed by atoms with E-state index in [1.54, 1.807) is 13.0 Å². The third-order valence-electron chi connectivity index (χ3n) is 0.866. The summed E-state index contributed by atoms with van der Waals surface area (Å²) in [5.74, 6) is 0. The van der Waals surface area contributed by atoms with Crippen LogP contribution in [-0.4, -0.2) is 11.1 Å². The molecule has 1 N–H and O–H groups in total. The molecule has 0 atom stereocenters. The Hall–Kier alpha value is -1.10. The predicted octanol–water partition coefficient (Wildman–Crippen LogP) is 2.02. The van der Waals surface area contributed by atoms with Gasteiger partial charge in [0.2, 0.25) is 0 Å². The molecule has 0 saturated heterocycles. The Labute approximate surface area is 68.6 Å². The molecule has 0 aliphatic heterocycles. The maximum Gasteiger partial charge on any atom is 0.300 e. The molecule has 60 valence electrons. The number of hydrogen-bond acceptors (Lipinski definition) is 4. The summed E-state index contributed by atoms with van der Waals surface area (Å²) in [5, 5.41) is 16.7. The number of nitrogens with one attached hydrogen (secondary N) is 1. The minimum atomic E-state index is -0.572. The van der Waals surface area contributed by atoms with Crippen molar-refractivity contribution in [3.63, 3.8) is 0 Å². The molecule has 0 fully saturated rings. The van der Waals surface area contributed by atoms with Gasteiger partial charge in [-0.25, -0.2) is 0 Å². The lowest BCUT2D eigenvalue weighted by atomic mass is 10.6. The molecule has 0 aliphatic rings. The number of nitro groups is 1. The first kappa shape index (κ1) is 9.90. The van der Waals surface area contributed by atoms with Crippen molar-refractivity contribution in [3.8, 4) is 0 Å². The summed E-state index contributed by atoms with van der Waals surface area (Å²) >= 11 is 0.877. The van der Waals surface area contributed by atoms with Crippen LogP contribution in [0.4, 0.5) is 0 Å². The van der Waals surface area contributed by atoms with Gasteiger partial charge in [-0.05, 0) is 25.3 Å². The minimum Gasteiger partial charge on any atom is -0.308 e. The zero-order chi connectivity index (χ0) is 8.85. The Morgan fingerprint density at radius 1 is 1.82 bits per heavy atom. The first-order valence-electron chi connectivity index (χ1n) is 2.79. The highest BCUT2D eigenvalue weighted by atomic mass is 32.2. The maximum absolute atomic E-state index is 10.0. The van der Waals surface area contributed by atoms with Gasteiger partial charge in [0.15, 0.2) is 0 Å². The van der Waals surface area contributed by atoms with Crippen LogP contribution in [0.1, 0.15) is 6.92 Å². The van der Waals surface area contributed by atoms with Crippen LogP contribution in [0, 0.1) is 15.5 Å². The Bertz CT molecular complexity index is 223. The largest absolute Gasteiger partial charge is 0.308 e. The predicted molar refractivity (Wildman–Crippen MR) is 46.3 cm³/mol. The van der Waals surface area contributed by atoms with E-state index >= 15 is 0 Å². The second-order valence-corrected chi connectivity index (χ2v) is 2.74. The molecular formula is C6H8N2O2S. The molecule has 0 aromatic rings. The lowest BCUT2D eigenvalue weighted by Crippen LogP contribution is -1.92. The van der Waals surface area contributed by atoms with E-state index in [4.69, 9.17) is 5.41 Å². The Balaban J connectivity index is 4.14. The van der Waals surface area contributed by atoms with E-state index in [1.807, 2.05) is 0 Å². The van der Waals surface area contributed by atoms with Crippen LogP contribution in [0.5, 0.6) is 0 Å². The molecule has 0 aromatic carbocycles. The van der Waals surface area contributed by atoms with Crippen LogP contribution in [-0.2, 0) is 0 Å². The SMILES string of the molecule is C=C(S/C(C=N)=C\C)[N+](=O)[O-]. The van der Waals surface area contributed by atoms with Crippen molar-refractivity contribution in [2.75, 3.05) is 0 Å². The number of nitrogens with zero attached hydrogens (tertiary/aromatic N) is 1. The average Bonchev–Trinajstić information content (AvgIpc) is 1.99. The normalized spacial score (nSPS) is 10.8. The third-order valence-corrected chi connectivity index (χ3v) is 1.84. The van der Waals surface area contributed by atoms with Gasteiger partial charge in [-0.2, -0.15) is 0 Å². The summed E-state index contributed by atoms with van der Waals surface area (Å²) < 4.78 is 0. The lowest BCUT2D eigenvalue weighted by Gasteiger charge is -1.94.